The molecule has 0 bridgehead atoms. The number of nitrogens with one attached hydrogen (secondary N) is 1. The molecule has 0 heterocycles. The first kappa shape index (κ1) is 11.7. The fourth-order valence-electron chi connectivity index (χ4n) is 1.83. The Kier molecular flexibility index (Phi) is 3.14. The molecule has 0 saturated heterocycles. The van der Waals surface area contributed by atoms with Crippen LogP contribution in [0.2, 0.25) is 0 Å². The van der Waals surface area contributed by atoms with Crippen LogP contribution in [0.3, 0.4) is 0 Å². The summed E-state index contributed by atoms with van der Waals surface area (Å²) in [7, 11) is 1.47. The van der Waals surface area contributed by atoms with Gasteiger partial charge in [-0.05, 0) is 12.8 Å². The topological polar surface area (TPSA) is 84.6 Å². The highest BCUT2D eigenvalue weighted by atomic mass is 16.6. The second-order valence-corrected chi connectivity index (χ2v) is 4.14. The van der Waals surface area contributed by atoms with Gasteiger partial charge in [-0.3, -0.25) is 10.1 Å². The van der Waals surface area contributed by atoms with Crippen molar-refractivity contribution in [2.45, 2.75) is 25.0 Å². The lowest BCUT2D eigenvalue weighted by atomic mass is 9.89. The quantitative estimate of drug-likeness (QED) is 0.614. The van der Waals surface area contributed by atoms with Gasteiger partial charge in [-0.15, -0.1) is 0 Å². The van der Waals surface area contributed by atoms with E-state index in [-0.39, 0.29) is 17.8 Å². The lowest BCUT2D eigenvalue weighted by Crippen LogP contribution is -2.38. The molecule has 0 spiro atoms. The zero-order valence-corrected chi connectivity index (χ0v) is 9.42. The number of nitro benzene ring substituents is 1. The van der Waals surface area contributed by atoms with Crippen LogP contribution in [0.1, 0.15) is 12.8 Å². The number of non-ortho nitro benzene ring substituents is 1. The molecule has 1 saturated carbocycles. The van der Waals surface area contributed by atoms with Crippen LogP contribution in [-0.4, -0.2) is 29.3 Å². The number of methoxy groups -OCH3 is 1. The number of rotatable bonds is 4. The van der Waals surface area contributed by atoms with Crippen LogP contribution >= 0.6 is 0 Å². The molecule has 92 valence electrons. The highest BCUT2D eigenvalue weighted by Crippen LogP contribution is 2.29. The minimum absolute atomic E-state index is 0.00766. The monoisotopic (exact) mass is 238 g/mol. The third kappa shape index (κ3) is 2.65. The summed E-state index contributed by atoms with van der Waals surface area (Å²) in [4.78, 5) is 10.3. The minimum atomic E-state index is -0.455. The third-order valence-corrected chi connectivity index (χ3v) is 2.82. The molecule has 6 heteroatoms. The van der Waals surface area contributed by atoms with E-state index in [1.807, 2.05) is 0 Å². The molecular formula is C11H14N2O4. The second-order valence-electron chi connectivity index (χ2n) is 4.14. The highest BCUT2D eigenvalue weighted by molar-refractivity contribution is 5.57. The highest BCUT2D eigenvalue weighted by Gasteiger charge is 2.27. The van der Waals surface area contributed by atoms with E-state index in [9.17, 15) is 10.1 Å². The summed E-state index contributed by atoms with van der Waals surface area (Å²) in [5.41, 5.74) is 0.639. The zero-order chi connectivity index (χ0) is 12.4. The van der Waals surface area contributed by atoms with Crippen molar-refractivity contribution >= 4 is 11.4 Å². The fourth-order valence-corrected chi connectivity index (χ4v) is 1.83. The predicted octanol–water partition coefficient (Wildman–Crippen LogP) is 1.54. The van der Waals surface area contributed by atoms with Gasteiger partial charge in [0.05, 0.1) is 24.2 Å². The molecule has 0 radical (unpaired) electrons. The number of nitro groups is 1. The van der Waals surface area contributed by atoms with Gasteiger partial charge in [-0.2, -0.15) is 0 Å². The van der Waals surface area contributed by atoms with Gasteiger partial charge in [0.15, 0.2) is 0 Å². The van der Waals surface area contributed by atoms with Crippen LogP contribution in [0.5, 0.6) is 5.75 Å². The molecule has 0 unspecified atom stereocenters. The van der Waals surface area contributed by atoms with E-state index in [0.29, 0.717) is 24.3 Å². The summed E-state index contributed by atoms with van der Waals surface area (Å²) in [6, 6.07) is 4.72. The predicted molar refractivity (Wildman–Crippen MR) is 62.3 cm³/mol. The minimum Gasteiger partial charge on any atom is -0.496 e. The Balaban J connectivity index is 2.15. The second kappa shape index (κ2) is 4.58. The fraction of sp³-hybridized carbons (Fsp3) is 0.455. The van der Waals surface area contributed by atoms with Crippen molar-refractivity contribution < 1.29 is 14.8 Å². The summed E-state index contributed by atoms with van der Waals surface area (Å²) >= 11 is 0. The number of hydrogen-bond donors (Lipinski definition) is 2. The van der Waals surface area contributed by atoms with Crippen molar-refractivity contribution in [3.63, 3.8) is 0 Å². The molecule has 1 aromatic carbocycles. The van der Waals surface area contributed by atoms with E-state index in [1.54, 1.807) is 6.07 Å². The lowest BCUT2D eigenvalue weighted by Gasteiger charge is -2.32. The molecule has 2 rings (SSSR count). The number of aliphatic hydroxyl groups is 1. The molecule has 1 aliphatic rings. The first-order valence-corrected chi connectivity index (χ1v) is 5.36. The number of anilines is 1. The molecule has 0 aromatic heterocycles. The van der Waals surface area contributed by atoms with Gasteiger partial charge in [-0.1, -0.05) is 0 Å². The van der Waals surface area contributed by atoms with Crippen LogP contribution in [0.15, 0.2) is 18.2 Å². The number of aliphatic hydroxyl groups excluding tert-OH is 1. The van der Waals surface area contributed by atoms with E-state index in [0.717, 1.165) is 0 Å². The standard InChI is InChI=1S/C11H14N2O4/c1-17-11-5-7(2-9(6-11)13(15)16)12-8-3-10(14)4-8/h2,5-6,8,10,12,14H,3-4H2,1H3. The van der Waals surface area contributed by atoms with Gasteiger partial charge in [-0.25, -0.2) is 0 Å². The molecule has 1 aliphatic carbocycles. The Labute approximate surface area is 98.4 Å². The summed E-state index contributed by atoms with van der Waals surface area (Å²) in [6.45, 7) is 0. The van der Waals surface area contributed by atoms with Gasteiger partial charge in [0.25, 0.3) is 5.69 Å². The molecule has 17 heavy (non-hydrogen) atoms. The smallest absolute Gasteiger partial charge is 0.275 e. The number of hydrogen-bond acceptors (Lipinski definition) is 5. The average molecular weight is 238 g/mol. The SMILES string of the molecule is COc1cc(NC2CC(O)C2)cc([N+](=O)[O-])c1. The van der Waals surface area contributed by atoms with E-state index >= 15 is 0 Å². The van der Waals surface area contributed by atoms with Gasteiger partial charge in [0.2, 0.25) is 0 Å². The van der Waals surface area contributed by atoms with E-state index < -0.39 is 4.92 Å². The molecule has 0 aliphatic heterocycles. The normalized spacial score (nSPS) is 22.7. The Morgan fingerprint density at radius 3 is 2.71 bits per heavy atom. The first-order valence-electron chi connectivity index (χ1n) is 5.36. The Morgan fingerprint density at radius 1 is 1.47 bits per heavy atom. The molecule has 1 aromatic rings. The Hall–Kier alpha value is -1.82. The molecule has 0 amide bonds. The van der Waals surface area contributed by atoms with Gasteiger partial charge in [0, 0.05) is 23.9 Å². The average Bonchev–Trinajstić information content (AvgIpc) is 2.26. The third-order valence-electron chi connectivity index (χ3n) is 2.82. The summed E-state index contributed by atoms with van der Waals surface area (Å²) in [5.74, 6) is 0.446. The number of nitrogens with zero attached hydrogens (tertiary/aromatic N) is 1. The van der Waals surface area contributed by atoms with E-state index in [1.165, 1.54) is 19.2 Å². The van der Waals surface area contributed by atoms with Crippen LogP contribution in [0.4, 0.5) is 11.4 Å². The van der Waals surface area contributed by atoms with Gasteiger partial charge >= 0.3 is 0 Å². The Morgan fingerprint density at radius 2 is 2.18 bits per heavy atom. The maximum absolute atomic E-state index is 10.7. The zero-order valence-electron chi connectivity index (χ0n) is 9.42. The van der Waals surface area contributed by atoms with Gasteiger partial charge < -0.3 is 15.2 Å². The lowest BCUT2D eigenvalue weighted by molar-refractivity contribution is -0.384. The molecule has 0 atom stereocenters. The van der Waals surface area contributed by atoms with Crippen molar-refractivity contribution in [3.8, 4) is 5.75 Å². The van der Waals surface area contributed by atoms with Crippen LogP contribution in [0, 0.1) is 10.1 Å². The van der Waals surface area contributed by atoms with Crippen LogP contribution < -0.4 is 10.1 Å². The largest absolute Gasteiger partial charge is 0.496 e. The Bertz CT molecular complexity index is 429. The molecule has 1 fully saturated rings. The van der Waals surface area contributed by atoms with Crippen molar-refractivity contribution in [2.24, 2.45) is 0 Å². The van der Waals surface area contributed by atoms with E-state index in [4.69, 9.17) is 9.84 Å². The summed E-state index contributed by atoms with van der Waals surface area (Å²) < 4.78 is 5.01. The van der Waals surface area contributed by atoms with Crippen molar-refractivity contribution in [1.29, 1.82) is 0 Å². The first-order chi connectivity index (χ1) is 8.08. The maximum Gasteiger partial charge on any atom is 0.275 e. The molecular weight excluding hydrogens is 224 g/mol. The molecule has 6 nitrogen and oxygen atoms in total. The summed E-state index contributed by atoms with van der Waals surface area (Å²) in [5, 5.41) is 23.0. The van der Waals surface area contributed by atoms with Crippen molar-refractivity contribution in [2.75, 3.05) is 12.4 Å². The summed E-state index contributed by atoms with van der Waals surface area (Å²) in [6.07, 6.45) is 1.09. The van der Waals surface area contributed by atoms with Gasteiger partial charge in [0.1, 0.15) is 5.75 Å². The van der Waals surface area contributed by atoms with Crippen molar-refractivity contribution in [3.05, 3.63) is 28.3 Å². The van der Waals surface area contributed by atoms with Crippen LogP contribution in [0.25, 0.3) is 0 Å². The van der Waals surface area contributed by atoms with E-state index in [2.05, 4.69) is 5.32 Å². The number of ether oxygens (including phenoxy) is 1. The maximum atomic E-state index is 10.7. The van der Waals surface area contributed by atoms with Crippen LogP contribution in [-0.2, 0) is 0 Å². The number of benzene rings is 1. The molecule has 2 N–H and O–H groups in total. The van der Waals surface area contributed by atoms with Crippen molar-refractivity contribution in [1.82, 2.24) is 0 Å².